The quantitative estimate of drug-likeness (QED) is 0.806. The van der Waals surface area contributed by atoms with Crippen LogP contribution in [0.15, 0.2) is 42.6 Å². The highest BCUT2D eigenvalue weighted by molar-refractivity contribution is 6.30. The zero-order valence-electron chi connectivity index (χ0n) is 16.8. The van der Waals surface area contributed by atoms with Gasteiger partial charge in [0.2, 0.25) is 11.8 Å². The summed E-state index contributed by atoms with van der Waals surface area (Å²) < 4.78 is 1.90. The normalized spacial score (nSPS) is 24.3. The van der Waals surface area contributed by atoms with E-state index in [1.165, 1.54) is 0 Å². The molecule has 1 aromatic heterocycles. The van der Waals surface area contributed by atoms with Gasteiger partial charge in [-0.05, 0) is 67.9 Å². The lowest BCUT2D eigenvalue weighted by Gasteiger charge is -2.37. The van der Waals surface area contributed by atoms with Crippen LogP contribution in [0.2, 0.25) is 5.02 Å². The summed E-state index contributed by atoms with van der Waals surface area (Å²) in [5.74, 6) is 0.654. The Morgan fingerprint density at radius 3 is 2.59 bits per heavy atom. The first-order valence-electron chi connectivity index (χ1n) is 10.5. The Bertz CT molecular complexity index is 869. The first-order chi connectivity index (χ1) is 14.0. The summed E-state index contributed by atoms with van der Waals surface area (Å²) in [6.07, 6.45) is 6.88. The van der Waals surface area contributed by atoms with Gasteiger partial charge in [-0.3, -0.25) is 9.59 Å². The van der Waals surface area contributed by atoms with Crippen molar-refractivity contribution in [2.75, 3.05) is 6.54 Å². The molecule has 0 spiro atoms. The molecule has 2 heterocycles. The molecule has 2 amide bonds. The molecule has 0 radical (unpaired) electrons. The van der Waals surface area contributed by atoms with Gasteiger partial charge in [-0.15, -0.1) is 0 Å². The topological polar surface area (TPSA) is 54.3 Å². The summed E-state index contributed by atoms with van der Waals surface area (Å²) in [6.45, 7) is 3.06. The van der Waals surface area contributed by atoms with Crippen LogP contribution in [0.3, 0.4) is 0 Å². The lowest BCUT2D eigenvalue weighted by atomic mass is 9.87. The maximum atomic E-state index is 13.3. The average molecular weight is 414 g/mol. The van der Waals surface area contributed by atoms with Crippen molar-refractivity contribution in [3.05, 3.63) is 58.9 Å². The minimum Gasteiger partial charge on any atom is -0.351 e. The van der Waals surface area contributed by atoms with Crippen molar-refractivity contribution in [3.63, 3.8) is 0 Å². The molecule has 1 aliphatic carbocycles. The summed E-state index contributed by atoms with van der Waals surface area (Å²) in [5, 5.41) is 3.93. The molecular formula is C23H28ClN3O2. The largest absolute Gasteiger partial charge is 0.351 e. The molecule has 6 heteroatoms. The Kier molecular flexibility index (Phi) is 5.95. The zero-order valence-corrected chi connectivity index (χ0v) is 17.6. The molecule has 1 aromatic carbocycles. The second kappa shape index (κ2) is 8.62. The monoisotopic (exact) mass is 413 g/mol. The molecule has 5 nitrogen and oxygen atoms in total. The molecule has 29 heavy (non-hydrogen) atoms. The number of carbonyl (C=O) groups is 2. The van der Waals surface area contributed by atoms with E-state index in [4.69, 9.17) is 11.6 Å². The Balaban J connectivity index is 1.51. The highest BCUT2D eigenvalue weighted by atomic mass is 35.5. The number of benzene rings is 1. The average Bonchev–Trinajstić information content (AvgIpc) is 3.16. The number of nitrogens with zero attached hydrogens (tertiary/aromatic N) is 2. The molecule has 1 fully saturated rings. The molecule has 2 aromatic rings. The number of carbonyl (C=O) groups excluding carboxylic acids is 2. The molecule has 0 saturated heterocycles. The maximum Gasteiger partial charge on any atom is 0.249 e. The van der Waals surface area contributed by atoms with Gasteiger partial charge in [-0.2, -0.15) is 0 Å². The Labute approximate surface area is 177 Å². The standard InChI is InChI=1S/C23H28ClN3O2/c1-16-4-10-19(11-5-16)25-23(29)22-20-3-2-13-26(20)15-21(28)27(22)14-12-17-6-8-18(24)9-7-17/h2-3,6-9,13,16,19,22H,4-5,10-12,14-15H2,1H3,(H,25,29)/t16?,19?,22-/m1/s1. The molecule has 0 bridgehead atoms. The summed E-state index contributed by atoms with van der Waals surface area (Å²) in [4.78, 5) is 27.9. The predicted molar refractivity (Wildman–Crippen MR) is 114 cm³/mol. The molecule has 1 atom stereocenters. The van der Waals surface area contributed by atoms with E-state index in [1.807, 2.05) is 47.2 Å². The van der Waals surface area contributed by atoms with E-state index >= 15 is 0 Å². The van der Waals surface area contributed by atoms with Gasteiger partial charge in [0, 0.05) is 23.8 Å². The third-order valence-corrected chi connectivity index (χ3v) is 6.50. The molecule has 154 valence electrons. The van der Waals surface area contributed by atoms with Crippen LogP contribution in [0.5, 0.6) is 0 Å². The number of nitrogens with one attached hydrogen (secondary N) is 1. The van der Waals surface area contributed by atoms with Crippen LogP contribution in [0.1, 0.15) is 49.9 Å². The number of rotatable bonds is 5. The van der Waals surface area contributed by atoms with E-state index < -0.39 is 6.04 Å². The predicted octanol–water partition coefficient (Wildman–Crippen LogP) is 3.96. The number of hydrogen-bond donors (Lipinski definition) is 1. The van der Waals surface area contributed by atoms with Gasteiger partial charge < -0.3 is 14.8 Å². The van der Waals surface area contributed by atoms with Crippen molar-refractivity contribution in [1.82, 2.24) is 14.8 Å². The molecule has 1 aliphatic heterocycles. The number of amides is 2. The second-order valence-corrected chi connectivity index (χ2v) is 8.83. The highest BCUT2D eigenvalue weighted by Crippen LogP contribution is 2.29. The Morgan fingerprint density at radius 2 is 1.86 bits per heavy atom. The summed E-state index contributed by atoms with van der Waals surface area (Å²) >= 11 is 5.97. The van der Waals surface area contributed by atoms with Gasteiger partial charge in [0.15, 0.2) is 6.04 Å². The molecular weight excluding hydrogens is 386 g/mol. The third kappa shape index (κ3) is 4.50. The number of halogens is 1. The third-order valence-electron chi connectivity index (χ3n) is 6.25. The minimum atomic E-state index is -0.571. The summed E-state index contributed by atoms with van der Waals surface area (Å²) in [6, 6.07) is 11.1. The number of fused-ring (bicyclic) bond motifs is 1. The van der Waals surface area contributed by atoms with Crippen LogP contribution in [0.25, 0.3) is 0 Å². The van der Waals surface area contributed by atoms with Gasteiger partial charge in [-0.25, -0.2) is 0 Å². The van der Waals surface area contributed by atoms with Gasteiger partial charge in [0.05, 0.1) is 5.69 Å². The van der Waals surface area contributed by atoms with E-state index in [9.17, 15) is 9.59 Å². The van der Waals surface area contributed by atoms with Gasteiger partial charge in [-0.1, -0.05) is 30.7 Å². The minimum absolute atomic E-state index is 0.0138. The first kappa shape index (κ1) is 20.0. The molecule has 2 aliphatic rings. The fraction of sp³-hybridized carbons (Fsp3) is 0.478. The van der Waals surface area contributed by atoms with Crippen LogP contribution in [0, 0.1) is 5.92 Å². The van der Waals surface area contributed by atoms with Gasteiger partial charge in [0.25, 0.3) is 0 Å². The van der Waals surface area contributed by atoms with Crippen LogP contribution < -0.4 is 5.32 Å². The fourth-order valence-corrected chi connectivity index (χ4v) is 4.60. The lowest BCUT2D eigenvalue weighted by molar-refractivity contribution is -0.144. The Hall–Kier alpha value is -2.27. The van der Waals surface area contributed by atoms with Crippen LogP contribution >= 0.6 is 11.6 Å². The first-order valence-corrected chi connectivity index (χ1v) is 10.9. The smallest absolute Gasteiger partial charge is 0.249 e. The van der Waals surface area contributed by atoms with E-state index in [2.05, 4.69) is 12.2 Å². The summed E-state index contributed by atoms with van der Waals surface area (Å²) in [5.41, 5.74) is 1.99. The molecule has 0 unspecified atom stereocenters. The fourth-order valence-electron chi connectivity index (χ4n) is 4.47. The molecule has 4 rings (SSSR count). The van der Waals surface area contributed by atoms with Crippen LogP contribution in [0.4, 0.5) is 0 Å². The van der Waals surface area contributed by atoms with E-state index in [0.717, 1.165) is 42.9 Å². The van der Waals surface area contributed by atoms with Crippen LogP contribution in [-0.4, -0.2) is 33.9 Å². The van der Waals surface area contributed by atoms with Crippen molar-refractivity contribution in [2.24, 2.45) is 5.92 Å². The molecule has 1 saturated carbocycles. The number of aromatic nitrogens is 1. The SMILES string of the molecule is CC1CCC(NC(=O)[C@H]2c3cccn3CC(=O)N2CCc2ccc(Cl)cc2)CC1. The summed E-state index contributed by atoms with van der Waals surface area (Å²) in [7, 11) is 0. The number of hydrogen-bond acceptors (Lipinski definition) is 2. The van der Waals surface area contributed by atoms with Crippen molar-refractivity contribution in [1.29, 1.82) is 0 Å². The van der Waals surface area contributed by atoms with Crippen molar-refractivity contribution >= 4 is 23.4 Å². The van der Waals surface area contributed by atoms with Crippen molar-refractivity contribution in [3.8, 4) is 0 Å². The maximum absolute atomic E-state index is 13.3. The van der Waals surface area contributed by atoms with Crippen molar-refractivity contribution in [2.45, 2.75) is 57.7 Å². The highest BCUT2D eigenvalue weighted by Gasteiger charge is 2.38. The van der Waals surface area contributed by atoms with Crippen LogP contribution in [-0.2, 0) is 22.6 Å². The van der Waals surface area contributed by atoms with E-state index in [1.54, 1.807) is 4.90 Å². The van der Waals surface area contributed by atoms with E-state index in [0.29, 0.717) is 18.0 Å². The van der Waals surface area contributed by atoms with E-state index in [-0.39, 0.29) is 24.4 Å². The molecule has 1 N–H and O–H groups in total. The van der Waals surface area contributed by atoms with Crippen molar-refractivity contribution < 1.29 is 9.59 Å². The Morgan fingerprint density at radius 1 is 1.14 bits per heavy atom. The second-order valence-electron chi connectivity index (χ2n) is 8.39. The zero-order chi connectivity index (χ0) is 20.4. The van der Waals surface area contributed by atoms with Gasteiger partial charge in [0.1, 0.15) is 6.54 Å². The lowest BCUT2D eigenvalue weighted by Crippen LogP contribution is -2.51. The van der Waals surface area contributed by atoms with Gasteiger partial charge >= 0.3 is 0 Å².